The van der Waals surface area contributed by atoms with Gasteiger partial charge in [-0.05, 0) is 63.9 Å². The van der Waals surface area contributed by atoms with Crippen molar-refractivity contribution in [2.75, 3.05) is 11.5 Å². The summed E-state index contributed by atoms with van der Waals surface area (Å²) in [7, 11) is 0. The molecular formula is C22H41N2NaO6S4Zn. The van der Waals surface area contributed by atoms with Crippen LogP contribution in [0, 0.1) is 0 Å². The fraction of sp³-hybridized carbons (Fsp3) is 0.818. The van der Waals surface area contributed by atoms with Crippen molar-refractivity contribution in [2.45, 2.75) is 101 Å². The van der Waals surface area contributed by atoms with Gasteiger partial charge in [0, 0.05) is 23.3 Å². The quantitative estimate of drug-likeness (QED) is 0.0577. The first-order valence-electron chi connectivity index (χ1n) is 11.5. The molecule has 0 radical (unpaired) electrons. The Morgan fingerprint density at radius 1 is 0.694 bits per heavy atom. The number of carboxylic acid groups (broad SMARTS) is 2. The largest absolute Gasteiger partial charge is 2.00 e. The molecule has 36 heavy (non-hydrogen) atoms. The smallest absolute Gasteiger partial charge is 1.00 e. The first-order valence-corrected chi connectivity index (χ1v) is 13.8. The first kappa shape index (κ1) is 43.9. The topological polar surface area (TPSA) is 138 Å². The third kappa shape index (κ3) is 29.5. The number of hydrogen-bond donors (Lipinski definition) is 6. The SMILES string of the molecule is C[C@H](NC(=O)CCCCC(S)CCS)C(=O)[O-].C[C@H](NC(=O)CCCCC(S)CCS)C(=O)[O-].[H-].[Na+].[Zn+2]. The molecule has 0 bridgehead atoms. The molecule has 4 atom stereocenters. The molecule has 202 valence electrons. The van der Waals surface area contributed by atoms with Crippen LogP contribution in [0.4, 0.5) is 0 Å². The standard InChI is InChI=1S/2C11H21NO3S2.Na.Zn.H/c2*1-8(11(14)15)12-10(13)5-3-2-4-9(17)6-7-16;;;/h2*8-9,16-17H,2-7H2,1H3,(H,12,13)(H,14,15);;;/q;;+1;+2;-1/p-2/t2*8-,9?;;;/m00.../s1. The fourth-order valence-corrected chi connectivity index (χ4v) is 4.32. The number of thiol groups is 4. The molecule has 0 saturated carbocycles. The minimum absolute atomic E-state index is 0. The molecule has 2 amide bonds. The molecule has 0 fully saturated rings. The summed E-state index contributed by atoms with van der Waals surface area (Å²) in [5.41, 5.74) is 0. The molecule has 8 nitrogen and oxygen atoms in total. The summed E-state index contributed by atoms with van der Waals surface area (Å²) >= 11 is 17.0. The minimum atomic E-state index is -1.26. The summed E-state index contributed by atoms with van der Waals surface area (Å²) in [6.45, 7) is 2.79. The van der Waals surface area contributed by atoms with E-state index in [2.05, 4.69) is 61.1 Å². The van der Waals surface area contributed by atoms with Crippen LogP contribution < -0.4 is 50.4 Å². The van der Waals surface area contributed by atoms with Crippen molar-refractivity contribution in [1.29, 1.82) is 0 Å². The molecule has 2 N–H and O–H groups in total. The fourth-order valence-electron chi connectivity index (χ4n) is 2.66. The molecule has 14 heteroatoms. The van der Waals surface area contributed by atoms with E-state index >= 15 is 0 Å². The first-order chi connectivity index (χ1) is 15.9. The van der Waals surface area contributed by atoms with Crippen LogP contribution in [0.15, 0.2) is 0 Å². The van der Waals surface area contributed by atoms with Gasteiger partial charge in [-0.2, -0.15) is 50.5 Å². The predicted molar refractivity (Wildman–Crippen MR) is 146 cm³/mol. The second-order valence-electron chi connectivity index (χ2n) is 8.04. The van der Waals surface area contributed by atoms with Crippen LogP contribution in [0.25, 0.3) is 0 Å². The van der Waals surface area contributed by atoms with Crippen molar-refractivity contribution >= 4 is 74.3 Å². The van der Waals surface area contributed by atoms with Gasteiger partial charge in [0.1, 0.15) is 0 Å². The predicted octanol–water partition coefficient (Wildman–Crippen LogP) is -2.05. The van der Waals surface area contributed by atoms with E-state index in [1.807, 2.05) is 0 Å². The van der Waals surface area contributed by atoms with Crippen molar-refractivity contribution < 1.29 is 79.9 Å². The maximum absolute atomic E-state index is 11.3. The van der Waals surface area contributed by atoms with Gasteiger partial charge >= 0.3 is 49.0 Å². The number of amides is 2. The second-order valence-corrected chi connectivity index (χ2v) is 10.4. The number of aliphatic carboxylic acids is 2. The van der Waals surface area contributed by atoms with Crippen molar-refractivity contribution in [3.05, 3.63) is 0 Å². The van der Waals surface area contributed by atoms with Crippen molar-refractivity contribution in [3.8, 4) is 0 Å². The zero-order chi connectivity index (χ0) is 26.5. The zero-order valence-electron chi connectivity index (χ0n) is 22.7. The molecule has 2 unspecified atom stereocenters. The number of hydrogen-bond acceptors (Lipinski definition) is 10. The number of carbonyl (C=O) groups excluding carboxylic acids is 4. The Bertz CT molecular complexity index is 568. The molecule has 0 aromatic heterocycles. The maximum Gasteiger partial charge on any atom is 2.00 e. The molecule has 0 aliphatic heterocycles. The van der Waals surface area contributed by atoms with E-state index in [4.69, 9.17) is 0 Å². The Kier molecular flexibility index (Phi) is 35.3. The van der Waals surface area contributed by atoms with Crippen LogP contribution in [0.5, 0.6) is 0 Å². The van der Waals surface area contributed by atoms with E-state index in [-0.39, 0.29) is 62.3 Å². The number of nitrogens with one attached hydrogen (secondary N) is 2. The Balaban J connectivity index is -0.000000171. The molecule has 0 saturated heterocycles. The number of rotatable bonds is 18. The van der Waals surface area contributed by atoms with E-state index in [1.54, 1.807) is 0 Å². The van der Waals surface area contributed by atoms with E-state index < -0.39 is 24.0 Å². The van der Waals surface area contributed by atoms with E-state index in [0.717, 1.165) is 62.9 Å². The summed E-state index contributed by atoms with van der Waals surface area (Å²) in [5, 5.41) is 26.1. The van der Waals surface area contributed by atoms with E-state index in [1.165, 1.54) is 13.8 Å². The van der Waals surface area contributed by atoms with Crippen LogP contribution in [0.2, 0.25) is 0 Å². The minimum Gasteiger partial charge on any atom is -1.00 e. The Hall–Kier alpha value is 0.903. The van der Waals surface area contributed by atoms with Gasteiger partial charge in [-0.15, -0.1) is 0 Å². The molecule has 0 spiro atoms. The van der Waals surface area contributed by atoms with Gasteiger partial charge < -0.3 is 31.9 Å². The van der Waals surface area contributed by atoms with Crippen molar-refractivity contribution in [1.82, 2.24) is 10.6 Å². The van der Waals surface area contributed by atoms with E-state index in [0.29, 0.717) is 23.3 Å². The molecule has 0 heterocycles. The van der Waals surface area contributed by atoms with E-state index in [9.17, 15) is 29.4 Å². The Labute approximate surface area is 274 Å². The average Bonchev–Trinajstić information content (AvgIpc) is 2.75. The van der Waals surface area contributed by atoms with Crippen molar-refractivity contribution in [2.24, 2.45) is 0 Å². The van der Waals surface area contributed by atoms with Gasteiger partial charge in [-0.3, -0.25) is 9.59 Å². The van der Waals surface area contributed by atoms with Crippen LogP contribution in [0.1, 0.15) is 79.5 Å². The summed E-state index contributed by atoms with van der Waals surface area (Å²) in [4.78, 5) is 43.4. The Morgan fingerprint density at radius 3 is 1.25 bits per heavy atom. The summed E-state index contributed by atoms with van der Waals surface area (Å²) in [5.74, 6) is -1.38. The van der Waals surface area contributed by atoms with Gasteiger partial charge in [0.2, 0.25) is 11.8 Å². The summed E-state index contributed by atoms with van der Waals surface area (Å²) in [6.07, 6.45) is 7.83. The number of carbonyl (C=O) groups is 4. The number of carboxylic acids is 2. The third-order valence-corrected chi connectivity index (χ3v) is 6.32. The molecular weight excluding hydrogens is 605 g/mol. The second kappa shape index (κ2) is 28.9. The third-order valence-electron chi connectivity index (χ3n) is 4.77. The van der Waals surface area contributed by atoms with Gasteiger partial charge in [0.05, 0.1) is 24.0 Å². The van der Waals surface area contributed by atoms with Gasteiger partial charge in [-0.1, -0.05) is 12.8 Å². The molecule has 0 rings (SSSR count). The normalized spacial score (nSPS) is 13.3. The molecule has 0 aromatic carbocycles. The van der Waals surface area contributed by atoms with Gasteiger partial charge in [0.15, 0.2) is 0 Å². The van der Waals surface area contributed by atoms with Gasteiger partial charge in [0.25, 0.3) is 0 Å². The van der Waals surface area contributed by atoms with Crippen LogP contribution in [-0.4, -0.2) is 57.8 Å². The van der Waals surface area contributed by atoms with Crippen LogP contribution >= 0.6 is 50.5 Å². The monoisotopic (exact) mass is 644 g/mol. The van der Waals surface area contributed by atoms with Crippen molar-refractivity contribution in [3.63, 3.8) is 0 Å². The molecule has 0 aliphatic carbocycles. The summed E-state index contributed by atoms with van der Waals surface area (Å²) < 4.78 is 0. The van der Waals surface area contributed by atoms with Gasteiger partial charge in [-0.25, -0.2) is 0 Å². The molecule has 0 aromatic rings. The average molecular weight is 646 g/mol. The summed E-state index contributed by atoms with van der Waals surface area (Å²) in [6, 6.07) is -1.85. The molecule has 0 aliphatic rings. The Morgan fingerprint density at radius 2 is 1.00 bits per heavy atom. The zero-order valence-corrected chi connectivity index (χ0v) is 30.3. The van der Waals surface area contributed by atoms with Crippen LogP contribution in [0.3, 0.4) is 0 Å². The van der Waals surface area contributed by atoms with Crippen LogP contribution in [-0.2, 0) is 38.7 Å². The maximum atomic E-state index is 11.3. The number of unbranched alkanes of at least 4 members (excludes halogenated alkanes) is 2.